The molecule has 0 spiro atoms. The van der Waals surface area contributed by atoms with Gasteiger partial charge in [-0.25, -0.2) is 0 Å². The van der Waals surface area contributed by atoms with Crippen LogP contribution in [-0.4, -0.2) is 31.7 Å². The molecule has 2 aliphatic rings. The second kappa shape index (κ2) is 7.25. The lowest BCUT2D eigenvalue weighted by atomic mass is 9.74. The summed E-state index contributed by atoms with van der Waals surface area (Å²) in [6, 6.07) is 0. The molecule has 1 saturated carbocycles. The smallest absolute Gasteiger partial charge is 0.222 e. The van der Waals surface area contributed by atoms with Crippen LogP contribution in [0.1, 0.15) is 57.8 Å². The average molecular weight is 268 g/mol. The molecule has 3 N–H and O–H groups in total. The van der Waals surface area contributed by atoms with E-state index in [1.807, 2.05) is 0 Å². The highest BCUT2D eigenvalue weighted by atomic mass is 16.5. The fraction of sp³-hybridized carbons (Fsp3) is 0.933. The molecule has 2 fully saturated rings. The van der Waals surface area contributed by atoms with Gasteiger partial charge in [0.2, 0.25) is 5.91 Å². The number of nitrogens with two attached hydrogens (primary N) is 1. The van der Waals surface area contributed by atoms with Gasteiger partial charge in [-0.05, 0) is 44.1 Å². The van der Waals surface area contributed by atoms with E-state index in [2.05, 4.69) is 5.32 Å². The summed E-state index contributed by atoms with van der Waals surface area (Å²) in [5.74, 6) is 0.130. The van der Waals surface area contributed by atoms with Gasteiger partial charge in [0.15, 0.2) is 0 Å². The number of rotatable bonds is 5. The van der Waals surface area contributed by atoms with Crippen LogP contribution in [0.15, 0.2) is 0 Å². The van der Waals surface area contributed by atoms with Gasteiger partial charge in [0.05, 0.1) is 12.5 Å². The normalized spacial score (nSPS) is 26.9. The van der Waals surface area contributed by atoms with Crippen molar-refractivity contribution in [3.8, 4) is 0 Å². The Balaban J connectivity index is 1.72. The summed E-state index contributed by atoms with van der Waals surface area (Å²) in [7, 11) is 0. The number of hydrogen-bond donors (Lipinski definition) is 2. The molecule has 1 atom stereocenters. The van der Waals surface area contributed by atoms with Crippen molar-refractivity contribution in [2.24, 2.45) is 11.1 Å². The third-order valence-corrected chi connectivity index (χ3v) is 4.69. The molecular weight excluding hydrogens is 240 g/mol. The highest BCUT2D eigenvalue weighted by Gasteiger charge is 2.31. The molecule has 0 radical (unpaired) electrons. The van der Waals surface area contributed by atoms with E-state index >= 15 is 0 Å². The Labute approximate surface area is 116 Å². The van der Waals surface area contributed by atoms with Gasteiger partial charge in [0, 0.05) is 13.2 Å². The summed E-state index contributed by atoms with van der Waals surface area (Å²) in [4.78, 5) is 12.0. The molecular formula is C15H28N2O2. The highest BCUT2D eigenvalue weighted by Crippen LogP contribution is 2.34. The maximum atomic E-state index is 12.0. The van der Waals surface area contributed by atoms with E-state index in [1.54, 1.807) is 0 Å². The molecule has 4 nitrogen and oxygen atoms in total. The Hall–Kier alpha value is -0.610. The fourth-order valence-electron chi connectivity index (χ4n) is 3.29. The lowest BCUT2D eigenvalue weighted by Crippen LogP contribution is -2.44. The van der Waals surface area contributed by atoms with Crippen molar-refractivity contribution in [3.05, 3.63) is 0 Å². The number of nitrogens with one attached hydrogen (secondary N) is 1. The average Bonchev–Trinajstić information content (AvgIpc) is 2.47. The van der Waals surface area contributed by atoms with Crippen LogP contribution in [0.2, 0.25) is 0 Å². The van der Waals surface area contributed by atoms with Gasteiger partial charge in [0.25, 0.3) is 0 Å². The molecule has 0 aromatic rings. The lowest BCUT2D eigenvalue weighted by Gasteiger charge is -2.36. The van der Waals surface area contributed by atoms with Gasteiger partial charge in [0.1, 0.15) is 0 Å². The fourth-order valence-corrected chi connectivity index (χ4v) is 3.29. The first-order valence-corrected chi connectivity index (χ1v) is 7.82. The van der Waals surface area contributed by atoms with Crippen LogP contribution in [0.3, 0.4) is 0 Å². The van der Waals surface area contributed by atoms with Crippen LogP contribution in [0.4, 0.5) is 0 Å². The van der Waals surface area contributed by atoms with Gasteiger partial charge in [-0.1, -0.05) is 19.3 Å². The van der Waals surface area contributed by atoms with E-state index in [4.69, 9.17) is 10.5 Å². The molecule has 1 aliphatic heterocycles. The Kier molecular flexibility index (Phi) is 5.64. The second-order valence-corrected chi connectivity index (χ2v) is 6.23. The van der Waals surface area contributed by atoms with E-state index in [0.717, 1.165) is 38.8 Å². The zero-order valence-corrected chi connectivity index (χ0v) is 12.0. The van der Waals surface area contributed by atoms with Crippen molar-refractivity contribution in [3.63, 3.8) is 0 Å². The van der Waals surface area contributed by atoms with Gasteiger partial charge in [-0.3, -0.25) is 4.79 Å². The Bertz CT molecular complexity index is 282. The van der Waals surface area contributed by atoms with E-state index in [9.17, 15) is 4.79 Å². The van der Waals surface area contributed by atoms with E-state index in [0.29, 0.717) is 13.0 Å². The molecule has 19 heavy (non-hydrogen) atoms. The van der Waals surface area contributed by atoms with E-state index < -0.39 is 0 Å². The van der Waals surface area contributed by atoms with Crippen LogP contribution < -0.4 is 11.1 Å². The quantitative estimate of drug-likeness (QED) is 0.801. The van der Waals surface area contributed by atoms with Gasteiger partial charge < -0.3 is 15.8 Å². The molecule has 0 bridgehead atoms. The highest BCUT2D eigenvalue weighted by molar-refractivity contribution is 5.76. The van der Waals surface area contributed by atoms with Gasteiger partial charge in [-0.2, -0.15) is 0 Å². The van der Waals surface area contributed by atoms with Crippen molar-refractivity contribution in [2.45, 2.75) is 63.9 Å². The van der Waals surface area contributed by atoms with Crippen molar-refractivity contribution < 1.29 is 9.53 Å². The molecule has 110 valence electrons. The van der Waals surface area contributed by atoms with Crippen molar-refractivity contribution >= 4 is 5.91 Å². The minimum Gasteiger partial charge on any atom is -0.378 e. The predicted molar refractivity (Wildman–Crippen MR) is 75.8 cm³/mol. The molecule has 4 heteroatoms. The summed E-state index contributed by atoms with van der Waals surface area (Å²) in [5, 5.41) is 3.09. The maximum absolute atomic E-state index is 12.0. The molecule has 1 amide bonds. The number of hydrogen-bond acceptors (Lipinski definition) is 3. The summed E-state index contributed by atoms with van der Waals surface area (Å²) in [5.41, 5.74) is 6.09. The standard InChI is InChI=1S/C15H28N2O2/c16-11-15(7-3-1-4-8-15)12-17-14(18)10-13-6-2-5-9-19-13/h13H,1-12,16H2,(H,17,18). The number of amides is 1. The van der Waals surface area contributed by atoms with Crippen LogP contribution in [0, 0.1) is 5.41 Å². The largest absolute Gasteiger partial charge is 0.378 e. The van der Waals surface area contributed by atoms with Gasteiger partial charge >= 0.3 is 0 Å². The van der Waals surface area contributed by atoms with E-state index in [-0.39, 0.29) is 17.4 Å². The zero-order chi connectivity index (χ0) is 13.6. The summed E-state index contributed by atoms with van der Waals surface area (Å²) < 4.78 is 5.61. The monoisotopic (exact) mass is 268 g/mol. The predicted octanol–water partition coefficient (Wildman–Crippen LogP) is 1.97. The zero-order valence-electron chi connectivity index (χ0n) is 12.0. The van der Waals surface area contributed by atoms with Crippen LogP contribution in [0.5, 0.6) is 0 Å². The van der Waals surface area contributed by atoms with Crippen molar-refractivity contribution in [2.75, 3.05) is 19.7 Å². The van der Waals surface area contributed by atoms with Crippen LogP contribution >= 0.6 is 0 Å². The third kappa shape index (κ3) is 4.46. The molecule has 1 saturated heterocycles. The van der Waals surface area contributed by atoms with Crippen molar-refractivity contribution in [1.29, 1.82) is 0 Å². The second-order valence-electron chi connectivity index (χ2n) is 6.23. The number of ether oxygens (including phenoxy) is 1. The van der Waals surface area contributed by atoms with Crippen LogP contribution in [0.25, 0.3) is 0 Å². The SMILES string of the molecule is NCC1(CNC(=O)CC2CCCCO2)CCCCC1. The Morgan fingerprint density at radius 3 is 2.63 bits per heavy atom. The summed E-state index contributed by atoms with van der Waals surface area (Å²) in [6.45, 7) is 2.24. The van der Waals surface area contributed by atoms with Crippen LogP contribution in [-0.2, 0) is 9.53 Å². The molecule has 1 aliphatic carbocycles. The number of carbonyl (C=O) groups excluding carboxylic acids is 1. The summed E-state index contributed by atoms with van der Waals surface area (Å²) in [6.07, 6.45) is 10.1. The third-order valence-electron chi connectivity index (χ3n) is 4.69. The first-order chi connectivity index (χ1) is 9.24. The Morgan fingerprint density at radius 1 is 1.21 bits per heavy atom. The molecule has 0 aromatic heterocycles. The molecule has 1 heterocycles. The molecule has 1 unspecified atom stereocenters. The van der Waals surface area contributed by atoms with E-state index in [1.165, 1.54) is 25.7 Å². The van der Waals surface area contributed by atoms with Gasteiger partial charge in [-0.15, -0.1) is 0 Å². The first-order valence-electron chi connectivity index (χ1n) is 7.82. The first kappa shape index (κ1) is 14.8. The minimum atomic E-state index is 0.130. The Morgan fingerprint density at radius 2 is 2.00 bits per heavy atom. The minimum absolute atomic E-state index is 0.130. The number of carbonyl (C=O) groups is 1. The topological polar surface area (TPSA) is 64.3 Å². The maximum Gasteiger partial charge on any atom is 0.222 e. The van der Waals surface area contributed by atoms with Crippen molar-refractivity contribution in [1.82, 2.24) is 5.32 Å². The molecule has 0 aromatic carbocycles. The summed E-state index contributed by atoms with van der Waals surface area (Å²) >= 11 is 0. The molecule has 2 rings (SSSR count). The lowest BCUT2D eigenvalue weighted by molar-refractivity contribution is -0.125.